The summed E-state index contributed by atoms with van der Waals surface area (Å²) in [6, 6.07) is 9.76. The van der Waals surface area contributed by atoms with Gasteiger partial charge in [0, 0.05) is 19.4 Å². The molecule has 25 heavy (non-hydrogen) atoms. The van der Waals surface area contributed by atoms with Gasteiger partial charge in [-0.25, -0.2) is 14.8 Å². The Bertz CT molecular complexity index is 1140. The van der Waals surface area contributed by atoms with E-state index in [1.807, 2.05) is 30.3 Å². The molecule has 126 valence electrons. The molecule has 0 spiro atoms. The third kappa shape index (κ3) is 2.78. The van der Waals surface area contributed by atoms with Crippen molar-refractivity contribution in [3.05, 3.63) is 69.1 Å². The van der Waals surface area contributed by atoms with E-state index in [2.05, 4.69) is 19.9 Å². The number of hydrogen-bond donors (Lipinski definition) is 2. The van der Waals surface area contributed by atoms with Crippen molar-refractivity contribution in [2.24, 2.45) is 7.05 Å². The summed E-state index contributed by atoms with van der Waals surface area (Å²) >= 11 is 1.31. The Balaban J connectivity index is 1.94. The number of hydrogen-bond acceptors (Lipinski definition) is 5. The number of fused-ring (bicyclic) bond motifs is 1. The smallest absolute Gasteiger partial charge is 0.329 e. The van der Waals surface area contributed by atoms with Gasteiger partial charge in [-0.05, 0) is 17.3 Å². The summed E-state index contributed by atoms with van der Waals surface area (Å²) in [5.41, 5.74) is 0.791. The molecule has 0 radical (unpaired) electrons. The minimum Gasteiger partial charge on any atom is -0.339 e. The summed E-state index contributed by atoms with van der Waals surface area (Å²) in [5, 5.41) is 1.24. The first-order valence-corrected chi connectivity index (χ1v) is 8.36. The lowest BCUT2D eigenvalue weighted by Gasteiger charge is -2.07. The lowest BCUT2D eigenvalue weighted by molar-refractivity contribution is 0.726. The Labute approximate surface area is 145 Å². The number of aryl methyl sites for hydroxylation is 1. The van der Waals surface area contributed by atoms with E-state index in [1.54, 1.807) is 24.0 Å². The van der Waals surface area contributed by atoms with Crippen LogP contribution in [0.15, 0.2) is 62.6 Å². The zero-order chi connectivity index (χ0) is 17.4. The second kappa shape index (κ2) is 6.10. The van der Waals surface area contributed by atoms with Gasteiger partial charge < -0.3 is 9.55 Å². The lowest BCUT2D eigenvalue weighted by atomic mass is 10.2. The van der Waals surface area contributed by atoms with Gasteiger partial charge in [-0.3, -0.25) is 14.3 Å². The van der Waals surface area contributed by atoms with Gasteiger partial charge in [0.05, 0.1) is 6.54 Å². The van der Waals surface area contributed by atoms with E-state index < -0.39 is 11.2 Å². The quantitative estimate of drug-likeness (QED) is 0.576. The highest BCUT2D eigenvalue weighted by molar-refractivity contribution is 7.99. The number of imidazole rings is 2. The van der Waals surface area contributed by atoms with E-state index >= 15 is 0 Å². The molecule has 0 saturated heterocycles. The Morgan fingerprint density at radius 1 is 1.20 bits per heavy atom. The maximum atomic E-state index is 12.4. The minimum atomic E-state index is -0.489. The Hall–Kier alpha value is -3.07. The summed E-state index contributed by atoms with van der Waals surface area (Å²) in [4.78, 5) is 38.3. The van der Waals surface area contributed by atoms with E-state index in [0.29, 0.717) is 28.0 Å². The molecule has 2 N–H and O–H groups in total. The normalized spacial score (nSPS) is 11.2. The van der Waals surface area contributed by atoms with Gasteiger partial charge in [0.15, 0.2) is 21.5 Å². The largest absolute Gasteiger partial charge is 0.339 e. The number of nitrogens with zero attached hydrogens (tertiary/aromatic N) is 4. The molecule has 0 aliphatic carbocycles. The van der Waals surface area contributed by atoms with Crippen molar-refractivity contribution in [2.75, 3.05) is 0 Å². The molecule has 8 nitrogen and oxygen atoms in total. The molecule has 4 aromatic rings. The summed E-state index contributed by atoms with van der Waals surface area (Å²) in [6.07, 6.45) is 3.37. The number of aromatic nitrogens is 6. The average molecular weight is 354 g/mol. The van der Waals surface area contributed by atoms with Crippen molar-refractivity contribution in [2.45, 2.75) is 16.9 Å². The van der Waals surface area contributed by atoms with Crippen LogP contribution in [0, 0.1) is 0 Å². The van der Waals surface area contributed by atoms with Gasteiger partial charge in [-0.1, -0.05) is 30.3 Å². The number of nitrogens with one attached hydrogen (secondary N) is 2. The predicted octanol–water partition coefficient (Wildman–Crippen LogP) is 1.35. The van der Waals surface area contributed by atoms with Crippen molar-refractivity contribution in [3.8, 4) is 0 Å². The second-order valence-corrected chi connectivity index (χ2v) is 6.41. The molecule has 3 heterocycles. The molecule has 9 heteroatoms. The van der Waals surface area contributed by atoms with Crippen molar-refractivity contribution >= 4 is 22.9 Å². The number of H-pyrrole nitrogens is 2. The van der Waals surface area contributed by atoms with Crippen LogP contribution in [0.4, 0.5) is 0 Å². The number of benzene rings is 1. The van der Waals surface area contributed by atoms with Gasteiger partial charge in [0.25, 0.3) is 5.56 Å². The van der Waals surface area contributed by atoms with Crippen molar-refractivity contribution < 1.29 is 0 Å². The lowest BCUT2D eigenvalue weighted by Crippen LogP contribution is -2.29. The van der Waals surface area contributed by atoms with Gasteiger partial charge in [-0.15, -0.1) is 0 Å². The Kier molecular flexibility index (Phi) is 3.77. The maximum Gasteiger partial charge on any atom is 0.329 e. The van der Waals surface area contributed by atoms with E-state index in [1.165, 1.54) is 16.3 Å². The first-order chi connectivity index (χ1) is 12.1. The summed E-state index contributed by atoms with van der Waals surface area (Å²) in [7, 11) is 1.59. The first kappa shape index (κ1) is 15.5. The van der Waals surface area contributed by atoms with E-state index in [-0.39, 0.29) is 0 Å². The molecule has 0 aliphatic rings. The molecule has 4 rings (SSSR count). The van der Waals surface area contributed by atoms with Gasteiger partial charge in [0.1, 0.15) is 0 Å². The molecule has 0 atom stereocenters. The average Bonchev–Trinajstić information content (AvgIpc) is 3.23. The third-order valence-corrected chi connectivity index (χ3v) is 4.73. The topological polar surface area (TPSA) is 101 Å². The van der Waals surface area contributed by atoms with Crippen LogP contribution in [0.2, 0.25) is 0 Å². The SMILES string of the molecule is Cn1c(=O)[nH]c(=O)c2c1nc(Sc1ncc[nH]1)n2Cc1ccccc1. The van der Waals surface area contributed by atoms with Crippen LogP contribution in [0.25, 0.3) is 11.2 Å². The standard InChI is InChI=1S/C16H14N6O2S/c1-21-12-11(13(23)20-15(21)24)22(9-10-5-3-2-4-6-10)16(19-12)25-14-17-7-8-18-14/h2-8H,9H2,1H3,(H,17,18)(H,20,23,24). The zero-order valence-electron chi connectivity index (χ0n) is 13.3. The first-order valence-electron chi connectivity index (χ1n) is 7.54. The van der Waals surface area contributed by atoms with E-state index in [9.17, 15) is 9.59 Å². The Morgan fingerprint density at radius 3 is 2.72 bits per heavy atom. The van der Waals surface area contributed by atoms with Crippen molar-refractivity contribution in [1.29, 1.82) is 0 Å². The van der Waals surface area contributed by atoms with Gasteiger partial charge in [-0.2, -0.15) is 0 Å². The number of rotatable bonds is 4. The summed E-state index contributed by atoms with van der Waals surface area (Å²) in [6.45, 7) is 0.460. The van der Waals surface area contributed by atoms with Crippen LogP contribution < -0.4 is 11.2 Å². The highest BCUT2D eigenvalue weighted by atomic mass is 32.2. The van der Waals surface area contributed by atoms with Crippen LogP contribution in [-0.2, 0) is 13.6 Å². The number of aromatic amines is 2. The molecule has 3 aromatic heterocycles. The molecule has 0 fully saturated rings. The van der Waals surface area contributed by atoms with E-state index in [0.717, 1.165) is 5.56 Å². The molecular formula is C16H14N6O2S. The molecule has 0 bridgehead atoms. The molecule has 0 amide bonds. The molecular weight excluding hydrogens is 340 g/mol. The van der Waals surface area contributed by atoms with Crippen molar-refractivity contribution in [1.82, 2.24) is 29.1 Å². The second-order valence-electron chi connectivity index (χ2n) is 5.45. The fraction of sp³-hybridized carbons (Fsp3) is 0.125. The zero-order valence-corrected chi connectivity index (χ0v) is 14.1. The van der Waals surface area contributed by atoms with Crippen LogP contribution in [0.5, 0.6) is 0 Å². The maximum absolute atomic E-state index is 12.4. The highest BCUT2D eigenvalue weighted by Gasteiger charge is 2.19. The van der Waals surface area contributed by atoms with Gasteiger partial charge in [0.2, 0.25) is 0 Å². The molecule has 0 aliphatic heterocycles. The monoisotopic (exact) mass is 354 g/mol. The third-order valence-electron chi connectivity index (χ3n) is 3.82. The predicted molar refractivity (Wildman–Crippen MR) is 93.8 cm³/mol. The molecule has 1 aromatic carbocycles. The van der Waals surface area contributed by atoms with Crippen LogP contribution >= 0.6 is 11.8 Å². The summed E-state index contributed by atoms with van der Waals surface area (Å²) in [5.74, 6) is 0. The van der Waals surface area contributed by atoms with E-state index in [4.69, 9.17) is 0 Å². The molecule has 0 unspecified atom stereocenters. The van der Waals surface area contributed by atoms with Crippen LogP contribution in [-0.4, -0.2) is 29.1 Å². The highest BCUT2D eigenvalue weighted by Crippen LogP contribution is 2.27. The molecule has 0 saturated carbocycles. The van der Waals surface area contributed by atoms with Crippen LogP contribution in [0.3, 0.4) is 0 Å². The fourth-order valence-corrected chi connectivity index (χ4v) is 3.41. The van der Waals surface area contributed by atoms with Crippen LogP contribution in [0.1, 0.15) is 5.56 Å². The van der Waals surface area contributed by atoms with Gasteiger partial charge >= 0.3 is 5.69 Å². The fourth-order valence-electron chi connectivity index (χ4n) is 2.60. The summed E-state index contributed by atoms with van der Waals surface area (Å²) < 4.78 is 3.14. The van der Waals surface area contributed by atoms with Crippen molar-refractivity contribution in [3.63, 3.8) is 0 Å². The Morgan fingerprint density at radius 2 is 2.00 bits per heavy atom. The minimum absolute atomic E-state index is 0.346.